The molecule has 0 unspecified atom stereocenters. The van der Waals surface area contributed by atoms with Gasteiger partial charge in [0.15, 0.2) is 0 Å². The number of sulfonamides is 1. The van der Waals surface area contributed by atoms with E-state index in [1.807, 2.05) is 12.1 Å². The third-order valence-electron chi connectivity index (χ3n) is 4.25. The van der Waals surface area contributed by atoms with Crippen LogP contribution in [0.3, 0.4) is 0 Å². The summed E-state index contributed by atoms with van der Waals surface area (Å²) in [5.74, 6) is 0.0772. The van der Waals surface area contributed by atoms with E-state index in [-0.39, 0.29) is 10.8 Å². The number of nitrogens with zero attached hydrogens (tertiary/aromatic N) is 1. The van der Waals surface area contributed by atoms with E-state index in [0.29, 0.717) is 35.0 Å². The summed E-state index contributed by atoms with van der Waals surface area (Å²) in [5.41, 5.74) is 1.70. The second-order valence-corrected chi connectivity index (χ2v) is 8.44. The Bertz CT molecular complexity index is 1120. The number of amides is 1. The van der Waals surface area contributed by atoms with Crippen LogP contribution in [0.25, 0.3) is 0 Å². The molecule has 0 aliphatic rings. The second kappa shape index (κ2) is 9.60. The average Bonchev–Trinajstić information content (AvgIpc) is 2.75. The lowest BCUT2D eigenvalue weighted by atomic mass is 10.2. The Hall–Kier alpha value is -3.10. The summed E-state index contributed by atoms with van der Waals surface area (Å²) in [4.78, 5) is 16.3. The molecule has 30 heavy (non-hydrogen) atoms. The van der Waals surface area contributed by atoms with Gasteiger partial charge < -0.3 is 10.1 Å². The van der Waals surface area contributed by atoms with Crippen LogP contribution in [0.4, 0.5) is 5.69 Å². The van der Waals surface area contributed by atoms with Crippen molar-refractivity contribution in [1.82, 2.24) is 10.3 Å². The molecule has 3 aromatic rings. The Morgan fingerprint density at radius 3 is 2.57 bits per heavy atom. The van der Waals surface area contributed by atoms with Gasteiger partial charge in [0, 0.05) is 30.6 Å². The average molecular weight is 446 g/mol. The molecule has 3 rings (SSSR count). The molecule has 1 heterocycles. The van der Waals surface area contributed by atoms with Gasteiger partial charge in [0.25, 0.3) is 15.9 Å². The molecule has 9 heteroatoms. The standard InChI is InChI=1S/C21H20ClN3O4S/c1-29-20-13-17(6-9-19(20)22)25-30(27,28)18-7-4-16(5-8-18)21(26)24-12-10-15-3-2-11-23-14-15/h2-9,11,13-14,25H,10,12H2,1H3,(H,24,26). The van der Waals surface area contributed by atoms with Crippen molar-refractivity contribution in [2.45, 2.75) is 11.3 Å². The van der Waals surface area contributed by atoms with E-state index in [1.165, 1.54) is 49.6 Å². The molecule has 0 radical (unpaired) electrons. The van der Waals surface area contributed by atoms with Gasteiger partial charge in [0.1, 0.15) is 5.75 Å². The zero-order chi connectivity index (χ0) is 21.6. The first-order valence-electron chi connectivity index (χ1n) is 9.02. The molecule has 0 spiro atoms. The van der Waals surface area contributed by atoms with E-state index in [4.69, 9.17) is 16.3 Å². The van der Waals surface area contributed by atoms with Crippen LogP contribution in [0, 0.1) is 0 Å². The van der Waals surface area contributed by atoms with Crippen LogP contribution in [0.1, 0.15) is 15.9 Å². The summed E-state index contributed by atoms with van der Waals surface area (Å²) in [6.07, 6.45) is 4.09. The molecule has 0 saturated heterocycles. The van der Waals surface area contributed by atoms with Crippen molar-refractivity contribution >= 4 is 33.2 Å². The Kier molecular flexibility index (Phi) is 6.91. The van der Waals surface area contributed by atoms with Crippen LogP contribution in [-0.2, 0) is 16.4 Å². The number of anilines is 1. The molecule has 2 aromatic carbocycles. The van der Waals surface area contributed by atoms with Gasteiger partial charge in [-0.3, -0.25) is 14.5 Å². The predicted molar refractivity (Wildman–Crippen MR) is 116 cm³/mol. The van der Waals surface area contributed by atoms with E-state index in [1.54, 1.807) is 12.4 Å². The first-order valence-corrected chi connectivity index (χ1v) is 10.9. The highest BCUT2D eigenvalue weighted by Gasteiger charge is 2.16. The Balaban J connectivity index is 1.63. The van der Waals surface area contributed by atoms with Gasteiger partial charge in [0.05, 0.1) is 22.7 Å². The number of hydrogen-bond donors (Lipinski definition) is 2. The van der Waals surface area contributed by atoms with Gasteiger partial charge in [-0.25, -0.2) is 8.42 Å². The molecule has 0 bridgehead atoms. The maximum Gasteiger partial charge on any atom is 0.261 e. The van der Waals surface area contributed by atoms with Crippen molar-refractivity contribution in [3.8, 4) is 5.75 Å². The van der Waals surface area contributed by atoms with Gasteiger partial charge in [0.2, 0.25) is 0 Å². The highest BCUT2D eigenvalue weighted by Crippen LogP contribution is 2.28. The molecular weight excluding hydrogens is 426 g/mol. The highest BCUT2D eigenvalue weighted by molar-refractivity contribution is 7.92. The number of carbonyl (C=O) groups is 1. The van der Waals surface area contributed by atoms with Crippen LogP contribution >= 0.6 is 11.6 Å². The van der Waals surface area contributed by atoms with Gasteiger partial charge >= 0.3 is 0 Å². The van der Waals surface area contributed by atoms with Crippen LogP contribution in [-0.4, -0.2) is 33.0 Å². The van der Waals surface area contributed by atoms with Gasteiger partial charge in [-0.05, 0) is 54.4 Å². The zero-order valence-corrected chi connectivity index (χ0v) is 17.7. The van der Waals surface area contributed by atoms with Crippen LogP contribution in [0.15, 0.2) is 71.9 Å². The number of hydrogen-bond acceptors (Lipinski definition) is 5. The summed E-state index contributed by atoms with van der Waals surface area (Å²) in [7, 11) is -2.39. The Labute approximate surface area is 180 Å². The molecule has 0 aliphatic heterocycles. The van der Waals surface area contributed by atoms with E-state index in [9.17, 15) is 13.2 Å². The highest BCUT2D eigenvalue weighted by atomic mass is 35.5. The monoisotopic (exact) mass is 445 g/mol. The fraction of sp³-hybridized carbons (Fsp3) is 0.143. The van der Waals surface area contributed by atoms with E-state index in [0.717, 1.165) is 5.56 Å². The zero-order valence-electron chi connectivity index (χ0n) is 16.1. The third kappa shape index (κ3) is 5.49. The number of methoxy groups -OCH3 is 1. The lowest BCUT2D eigenvalue weighted by molar-refractivity contribution is 0.0954. The normalized spacial score (nSPS) is 11.0. The smallest absolute Gasteiger partial charge is 0.261 e. The molecule has 156 valence electrons. The topological polar surface area (TPSA) is 97.4 Å². The van der Waals surface area contributed by atoms with Gasteiger partial charge in [-0.2, -0.15) is 0 Å². The molecule has 0 atom stereocenters. The van der Waals surface area contributed by atoms with E-state index < -0.39 is 10.0 Å². The SMILES string of the molecule is COc1cc(NS(=O)(=O)c2ccc(C(=O)NCCc3cccnc3)cc2)ccc1Cl. The molecule has 0 saturated carbocycles. The fourth-order valence-corrected chi connectivity index (χ4v) is 3.94. The lowest BCUT2D eigenvalue weighted by Gasteiger charge is -2.11. The number of aromatic nitrogens is 1. The van der Waals surface area contributed by atoms with Crippen LogP contribution in [0.2, 0.25) is 5.02 Å². The Morgan fingerprint density at radius 1 is 1.13 bits per heavy atom. The van der Waals surface area contributed by atoms with Crippen molar-refractivity contribution in [1.29, 1.82) is 0 Å². The number of halogens is 1. The molecule has 7 nitrogen and oxygen atoms in total. The number of ether oxygens (including phenoxy) is 1. The van der Waals surface area contributed by atoms with E-state index >= 15 is 0 Å². The first-order chi connectivity index (χ1) is 14.4. The van der Waals surface area contributed by atoms with Crippen molar-refractivity contribution < 1.29 is 17.9 Å². The number of nitrogens with one attached hydrogen (secondary N) is 2. The molecular formula is C21H20ClN3O4S. The molecule has 2 N–H and O–H groups in total. The summed E-state index contributed by atoms with van der Waals surface area (Å²) in [5, 5.41) is 3.18. The number of benzene rings is 2. The minimum absolute atomic E-state index is 0.0309. The summed E-state index contributed by atoms with van der Waals surface area (Å²) in [6.45, 7) is 0.449. The van der Waals surface area contributed by atoms with Crippen molar-refractivity contribution in [3.05, 3.63) is 83.1 Å². The maximum atomic E-state index is 12.6. The van der Waals surface area contributed by atoms with Gasteiger partial charge in [-0.1, -0.05) is 17.7 Å². The van der Waals surface area contributed by atoms with Crippen LogP contribution < -0.4 is 14.8 Å². The molecule has 0 fully saturated rings. The lowest BCUT2D eigenvalue weighted by Crippen LogP contribution is -2.25. The summed E-state index contributed by atoms with van der Waals surface area (Å²) >= 11 is 5.96. The fourth-order valence-electron chi connectivity index (χ4n) is 2.69. The second-order valence-electron chi connectivity index (χ2n) is 6.35. The molecule has 1 aromatic heterocycles. The maximum absolute atomic E-state index is 12.6. The van der Waals surface area contributed by atoms with Gasteiger partial charge in [-0.15, -0.1) is 0 Å². The van der Waals surface area contributed by atoms with Crippen molar-refractivity contribution in [2.24, 2.45) is 0 Å². The first kappa shape index (κ1) is 21.6. The summed E-state index contributed by atoms with van der Waals surface area (Å²) < 4.78 is 32.8. The van der Waals surface area contributed by atoms with Crippen molar-refractivity contribution in [3.63, 3.8) is 0 Å². The number of pyridine rings is 1. The van der Waals surface area contributed by atoms with Crippen LogP contribution in [0.5, 0.6) is 5.75 Å². The van der Waals surface area contributed by atoms with E-state index in [2.05, 4.69) is 15.0 Å². The van der Waals surface area contributed by atoms with Crippen molar-refractivity contribution in [2.75, 3.05) is 18.4 Å². The molecule has 0 aliphatic carbocycles. The predicted octanol–water partition coefficient (Wildman–Crippen LogP) is 3.52. The minimum Gasteiger partial charge on any atom is -0.495 e. The summed E-state index contributed by atoms with van der Waals surface area (Å²) in [6, 6.07) is 14.0. The minimum atomic E-state index is -3.83. The Morgan fingerprint density at radius 2 is 1.90 bits per heavy atom. The third-order valence-corrected chi connectivity index (χ3v) is 5.96. The largest absolute Gasteiger partial charge is 0.495 e. The molecule has 1 amide bonds. The number of rotatable bonds is 8. The number of carbonyl (C=O) groups excluding carboxylic acids is 1. The quantitative estimate of drug-likeness (QED) is 0.553.